The van der Waals surface area contributed by atoms with Crippen molar-refractivity contribution >= 4 is 17.0 Å². The largest absolute Gasteiger partial charge is 0.438 e. The number of halogens is 2. The number of nitrogens with one attached hydrogen (secondary N) is 2. The normalized spacial score (nSPS) is 20.9. The van der Waals surface area contributed by atoms with Gasteiger partial charge in [-0.1, -0.05) is 11.2 Å². The van der Waals surface area contributed by atoms with E-state index < -0.39 is 35.4 Å². The summed E-state index contributed by atoms with van der Waals surface area (Å²) in [5, 5.41) is 10.8. The second-order valence-electron chi connectivity index (χ2n) is 10.6. The van der Waals surface area contributed by atoms with E-state index in [1.807, 2.05) is 0 Å². The summed E-state index contributed by atoms with van der Waals surface area (Å²) >= 11 is 0. The first-order chi connectivity index (χ1) is 19.4. The molecule has 10 nitrogen and oxygen atoms in total. The van der Waals surface area contributed by atoms with E-state index in [-0.39, 0.29) is 29.7 Å². The summed E-state index contributed by atoms with van der Waals surface area (Å²) in [6.07, 6.45) is 3.89. The van der Waals surface area contributed by atoms with Crippen molar-refractivity contribution in [1.29, 1.82) is 0 Å². The van der Waals surface area contributed by atoms with Gasteiger partial charge in [0.15, 0.2) is 11.3 Å². The SMILES string of the molecule is COCC(c1ccc2oc(C(NC(=O)c3nonc3C3CC3)C3CCC(F)CC3)nc2c1)c1cc(F)c[nH]c1=O. The molecule has 0 bridgehead atoms. The quantitative estimate of drug-likeness (QED) is 0.305. The lowest BCUT2D eigenvalue weighted by Gasteiger charge is -2.30. The molecule has 0 spiro atoms. The van der Waals surface area contributed by atoms with E-state index in [4.69, 9.17) is 18.8 Å². The topological polar surface area (TPSA) is 136 Å². The van der Waals surface area contributed by atoms with Crippen molar-refractivity contribution in [3.63, 3.8) is 0 Å². The minimum atomic E-state index is -0.872. The number of amides is 1. The van der Waals surface area contributed by atoms with Crippen molar-refractivity contribution in [3.05, 3.63) is 75.0 Å². The van der Waals surface area contributed by atoms with Gasteiger partial charge in [0.2, 0.25) is 5.89 Å². The number of fused-ring (bicyclic) bond motifs is 1. The predicted octanol–water partition coefficient (Wildman–Crippen LogP) is 4.69. The van der Waals surface area contributed by atoms with Gasteiger partial charge >= 0.3 is 0 Å². The maximum atomic E-state index is 14.0. The number of aromatic nitrogens is 4. The fraction of sp³-hybridized carbons (Fsp3) is 0.464. The molecule has 12 heteroatoms. The van der Waals surface area contributed by atoms with Crippen LogP contribution in [0.15, 0.2) is 44.3 Å². The Morgan fingerprint density at radius 1 is 1.18 bits per heavy atom. The molecule has 6 rings (SSSR count). The molecule has 0 aliphatic heterocycles. The molecule has 2 aliphatic carbocycles. The predicted molar refractivity (Wildman–Crippen MR) is 138 cm³/mol. The van der Waals surface area contributed by atoms with Gasteiger partial charge in [-0.3, -0.25) is 9.59 Å². The lowest BCUT2D eigenvalue weighted by Crippen LogP contribution is -2.36. The number of carbonyl (C=O) groups excluding carboxylic acids is 1. The van der Waals surface area contributed by atoms with Gasteiger partial charge in [0.05, 0.1) is 6.61 Å². The van der Waals surface area contributed by atoms with Crippen molar-refractivity contribution in [1.82, 2.24) is 25.6 Å². The fourth-order valence-electron chi connectivity index (χ4n) is 5.56. The molecule has 1 amide bonds. The lowest BCUT2D eigenvalue weighted by molar-refractivity contribution is 0.0876. The molecule has 2 aliphatic rings. The van der Waals surface area contributed by atoms with E-state index in [0.29, 0.717) is 53.9 Å². The van der Waals surface area contributed by atoms with Gasteiger partial charge in [0.1, 0.15) is 29.2 Å². The average Bonchev–Trinajstić information content (AvgIpc) is 3.51. The van der Waals surface area contributed by atoms with Crippen LogP contribution >= 0.6 is 0 Å². The summed E-state index contributed by atoms with van der Waals surface area (Å²) < 4.78 is 44.3. The van der Waals surface area contributed by atoms with Gasteiger partial charge in [-0.05, 0) is 73.4 Å². The number of rotatable bonds is 9. The molecule has 4 aromatic rings. The van der Waals surface area contributed by atoms with E-state index in [1.54, 1.807) is 18.2 Å². The highest BCUT2D eigenvalue weighted by Crippen LogP contribution is 2.41. The molecule has 2 saturated carbocycles. The highest BCUT2D eigenvalue weighted by Gasteiger charge is 2.37. The Morgan fingerprint density at radius 3 is 2.73 bits per heavy atom. The standard InChI is InChI=1S/C28H29F2N5O5/c1-38-13-20(19-11-18(30)12-31-26(19)36)16-6-9-22-21(10-16)32-28(39-22)24(15-4-7-17(29)8-5-15)33-27(37)25-23(14-2-3-14)34-40-35-25/h6,9-12,14-15,17,20,24H,2-5,7-8,13H2,1H3,(H,31,36)(H,33,37). The molecule has 0 saturated heterocycles. The zero-order chi connectivity index (χ0) is 27.8. The van der Waals surface area contributed by atoms with Crippen LogP contribution in [0.5, 0.6) is 0 Å². The molecular weight excluding hydrogens is 524 g/mol. The zero-order valence-corrected chi connectivity index (χ0v) is 21.9. The number of hydrogen-bond acceptors (Lipinski definition) is 8. The van der Waals surface area contributed by atoms with Gasteiger partial charge in [0, 0.05) is 30.7 Å². The highest BCUT2D eigenvalue weighted by molar-refractivity contribution is 5.93. The summed E-state index contributed by atoms with van der Waals surface area (Å²) in [6, 6.07) is 5.83. The van der Waals surface area contributed by atoms with Crippen LogP contribution < -0.4 is 10.9 Å². The Hall–Kier alpha value is -3.93. The average molecular weight is 554 g/mol. The van der Waals surface area contributed by atoms with Crippen LogP contribution in [-0.4, -0.2) is 46.1 Å². The summed E-state index contributed by atoms with van der Waals surface area (Å²) in [5.74, 6) is -1.19. The number of ether oxygens (including phenoxy) is 1. The Kier molecular flexibility index (Phi) is 7.18. The first-order valence-corrected chi connectivity index (χ1v) is 13.5. The molecule has 2 unspecified atom stereocenters. The van der Waals surface area contributed by atoms with Gasteiger partial charge in [-0.25, -0.2) is 18.4 Å². The number of benzene rings is 1. The fourth-order valence-corrected chi connectivity index (χ4v) is 5.56. The van der Waals surface area contributed by atoms with Crippen molar-refractivity contribution in [2.24, 2.45) is 5.92 Å². The number of pyridine rings is 1. The number of methoxy groups -OCH3 is 1. The first kappa shape index (κ1) is 26.3. The number of alkyl halides is 1. The van der Waals surface area contributed by atoms with E-state index in [9.17, 15) is 18.4 Å². The van der Waals surface area contributed by atoms with Gasteiger partial charge in [-0.15, -0.1) is 0 Å². The van der Waals surface area contributed by atoms with Crippen LogP contribution in [0.25, 0.3) is 11.1 Å². The minimum absolute atomic E-state index is 0.0974. The monoisotopic (exact) mass is 553 g/mol. The third-order valence-corrected chi connectivity index (χ3v) is 7.85. The van der Waals surface area contributed by atoms with E-state index >= 15 is 0 Å². The molecule has 3 heterocycles. The van der Waals surface area contributed by atoms with Crippen LogP contribution in [0.1, 0.15) is 89.6 Å². The molecular formula is C28H29F2N5O5. The molecule has 1 aromatic carbocycles. The Balaban J connectivity index is 1.34. The summed E-state index contributed by atoms with van der Waals surface area (Å²) in [7, 11) is 1.51. The second kappa shape index (κ2) is 10.9. The maximum absolute atomic E-state index is 14.0. The van der Waals surface area contributed by atoms with Crippen LogP contribution in [0, 0.1) is 11.7 Å². The Bertz CT molecular complexity index is 1570. The Labute approximate surface area is 227 Å². The number of hydrogen-bond donors (Lipinski definition) is 2. The number of oxazole rings is 1. The molecule has 2 N–H and O–H groups in total. The third kappa shape index (κ3) is 5.27. The highest BCUT2D eigenvalue weighted by atomic mass is 19.1. The first-order valence-electron chi connectivity index (χ1n) is 13.5. The van der Waals surface area contributed by atoms with Crippen LogP contribution in [-0.2, 0) is 4.74 Å². The molecule has 2 atom stereocenters. The van der Waals surface area contributed by atoms with Crippen LogP contribution in [0.2, 0.25) is 0 Å². The molecule has 2 fully saturated rings. The van der Waals surface area contributed by atoms with E-state index in [0.717, 1.165) is 19.0 Å². The van der Waals surface area contributed by atoms with Crippen molar-refractivity contribution < 1.29 is 27.4 Å². The van der Waals surface area contributed by atoms with E-state index in [2.05, 4.69) is 20.6 Å². The number of carbonyl (C=O) groups is 1. The third-order valence-electron chi connectivity index (χ3n) is 7.85. The molecule has 0 radical (unpaired) electrons. The summed E-state index contributed by atoms with van der Waals surface area (Å²) in [5.41, 5.74) is 2.17. The maximum Gasteiger partial charge on any atom is 0.276 e. The number of nitrogens with zero attached hydrogens (tertiary/aromatic N) is 3. The van der Waals surface area contributed by atoms with Gasteiger partial charge < -0.3 is 19.5 Å². The molecule has 3 aromatic heterocycles. The van der Waals surface area contributed by atoms with Crippen molar-refractivity contribution in [2.45, 2.75) is 62.6 Å². The zero-order valence-electron chi connectivity index (χ0n) is 21.9. The molecule has 210 valence electrons. The smallest absolute Gasteiger partial charge is 0.276 e. The minimum Gasteiger partial charge on any atom is -0.438 e. The lowest BCUT2D eigenvalue weighted by atomic mass is 9.83. The van der Waals surface area contributed by atoms with Gasteiger partial charge in [0.25, 0.3) is 11.5 Å². The number of aromatic amines is 1. The number of H-pyrrole nitrogens is 1. The summed E-state index contributed by atoms with van der Waals surface area (Å²) in [4.78, 5) is 32.9. The summed E-state index contributed by atoms with van der Waals surface area (Å²) in [6.45, 7) is 0.142. The Morgan fingerprint density at radius 2 is 1.98 bits per heavy atom. The molecule has 40 heavy (non-hydrogen) atoms. The van der Waals surface area contributed by atoms with Crippen molar-refractivity contribution in [3.8, 4) is 0 Å². The second-order valence-corrected chi connectivity index (χ2v) is 10.6. The van der Waals surface area contributed by atoms with E-state index in [1.165, 1.54) is 13.2 Å². The van der Waals surface area contributed by atoms with Crippen LogP contribution in [0.4, 0.5) is 8.78 Å². The van der Waals surface area contributed by atoms with Crippen molar-refractivity contribution in [2.75, 3.05) is 13.7 Å². The van der Waals surface area contributed by atoms with Crippen LogP contribution in [0.3, 0.4) is 0 Å². The van der Waals surface area contributed by atoms with Gasteiger partial charge in [-0.2, -0.15) is 0 Å².